The van der Waals surface area contributed by atoms with Gasteiger partial charge in [-0.05, 0) is 37.8 Å². The van der Waals surface area contributed by atoms with E-state index in [0.717, 1.165) is 19.3 Å². The molecule has 0 aliphatic carbocycles. The lowest BCUT2D eigenvalue weighted by Crippen LogP contribution is -2.49. The van der Waals surface area contributed by atoms with E-state index in [1.54, 1.807) is 17.0 Å². The predicted octanol–water partition coefficient (Wildman–Crippen LogP) is 2.85. The second kappa shape index (κ2) is 7.41. The number of anilines is 1. The fraction of sp³-hybridized carbons (Fsp3) is 0.533. The first-order valence-electron chi connectivity index (χ1n) is 7.33. The van der Waals surface area contributed by atoms with Crippen LogP contribution in [-0.4, -0.2) is 34.3 Å². The molecule has 1 fully saturated rings. The number of hydrogen-bond donors (Lipinski definition) is 1. The van der Waals surface area contributed by atoms with Crippen molar-refractivity contribution < 1.29 is 9.59 Å². The number of halogens is 1. The van der Waals surface area contributed by atoms with Gasteiger partial charge in [0.05, 0.1) is 11.9 Å². The molecule has 1 aliphatic heterocycles. The second-order valence-electron chi connectivity index (χ2n) is 5.21. The molecule has 1 saturated heterocycles. The van der Waals surface area contributed by atoms with Crippen molar-refractivity contribution in [1.82, 2.24) is 9.88 Å². The molecule has 114 valence electrons. The minimum absolute atomic E-state index is 0.0616. The highest BCUT2D eigenvalue weighted by Crippen LogP contribution is 2.20. The summed E-state index contributed by atoms with van der Waals surface area (Å²) >= 11 is 5.72. The lowest BCUT2D eigenvalue weighted by Gasteiger charge is -2.34. The SMILES string of the molecule is CCCC(=O)N1CCCC[C@H]1C(=O)Nc1ccc(Cl)nc1. The van der Waals surface area contributed by atoms with Crippen molar-refractivity contribution in [3.63, 3.8) is 0 Å². The van der Waals surface area contributed by atoms with Crippen molar-refractivity contribution in [2.24, 2.45) is 0 Å². The molecule has 0 saturated carbocycles. The molecule has 1 aromatic rings. The summed E-state index contributed by atoms with van der Waals surface area (Å²) in [5, 5.41) is 3.19. The highest BCUT2D eigenvalue weighted by molar-refractivity contribution is 6.29. The lowest BCUT2D eigenvalue weighted by molar-refractivity contribution is -0.140. The van der Waals surface area contributed by atoms with Crippen LogP contribution in [-0.2, 0) is 9.59 Å². The van der Waals surface area contributed by atoms with E-state index in [1.165, 1.54) is 6.20 Å². The van der Waals surface area contributed by atoms with Gasteiger partial charge >= 0.3 is 0 Å². The summed E-state index contributed by atoms with van der Waals surface area (Å²) in [6.07, 6.45) is 5.44. The average molecular weight is 310 g/mol. The third-order valence-corrected chi connectivity index (χ3v) is 3.81. The monoisotopic (exact) mass is 309 g/mol. The standard InChI is InChI=1S/C15H20ClN3O2/c1-2-5-14(20)19-9-4-3-6-12(19)15(21)18-11-7-8-13(16)17-10-11/h7-8,10,12H,2-6,9H2,1H3,(H,18,21)/t12-/m0/s1. The number of aromatic nitrogens is 1. The van der Waals surface area contributed by atoms with Crippen LogP contribution in [0.1, 0.15) is 39.0 Å². The maximum absolute atomic E-state index is 12.4. The molecule has 0 unspecified atom stereocenters. The van der Waals surface area contributed by atoms with E-state index in [-0.39, 0.29) is 17.9 Å². The average Bonchev–Trinajstić information content (AvgIpc) is 2.50. The van der Waals surface area contributed by atoms with Crippen LogP contribution >= 0.6 is 11.6 Å². The van der Waals surface area contributed by atoms with E-state index in [1.807, 2.05) is 6.92 Å². The maximum atomic E-state index is 12.4. The van der Waals surface area contributed by atoms with Gasteiger partial charge in [-0.1, -0.05) is 18.5 Å². The van der Waals surface area contributed by atoms with E-state index in [2.05, 4.69) is 10.3 Å². The molecular formula is C15H20ClN3O2. The second-order valence-corrected chi connectivity index (χ2v) is 5.59. The number of carbonyl (C=O) groups is 2. The van der Waals surface area contributed by atoms with Crippen LogP contribution in [0.5, 0.6) is 0 Å². The summed E-state index contributed by atoms with van der Waals surface area (Å²) in [6.45, 7) is 2.63. The molecule has 2 amide bonds. The molecule has 21 heavy (non-hydrogen) atoms. The van der Waals surface area contributed by atoms with Crippen molar-refractivity contribution in [3.8, 4) is 0 Å². The molecule has 1 atom stereocenters. The largest absolute Gasteiger partial charge is 0.331 e. The lowest BCUT2D eigenvalue weighted by atomic mass is 10.0. The summed E-state index contributed by atoms with van der Waals surface area (Å²) in [6, 6.07) is 2.94. The van der Waals surface area contributed by atoms with Crippen molar-refractivity contribution in [3.05, 3.63) is 23.5 Å². The first kappa shape index (κ1) is 15.8. The van der Waals surface area contributed by atoms with E-state index < -0.39 is 0 Å². The van der Waals surface area contributed by atoms with Crippen LogP contribution < -0.4 is 5.32 Å². The van der Waals surface area contributed by atoms with E-state index in [0.29, 0.717) is 30.2 Å². The Labute approximate surface area is 129 Å². The molecule has 6 heteroatoms. The number of rotatable bonds is 4. The number of nitrogens with one attached hydrogen (secondary N) is 1. The van der Waals surface area contributed by atoms with Gasteiger partial charge in [-0.15, -0.1) is 0 Å². The summed E-state index contributed by atoms with van der Waals surface area (Å²) < 4.78 is 0. The Balaban J connectivity index is 2.04. The molecule has 5 nitrogen and oxygen atoms in total. The van der Waals surface area contributed by atoms with Gasteiger partial charge in [-0.25, -0.2) is 4.98 Å². The number of carbonyl (C=O) groups excluding carboxylic acids is 2. The smallest absolute Gasteiger partial charge is 0.247 e. The van der Waals surface area contributed by atoms with Crippen LogP contribution in [0.2, 0.25) is 5.15 Å². The summed E-state index contributed by atoms with van der Waals surface area (Å²) in [4.78, 5) is 30.2. The van der Waals surface area contributed by atoms with Gasteiger partial charge in [0.25, 0.3) is 0 Å². The van der Waals surface area contributed by atoms with Crippen molar-refractivity contribution in [2.75, 3.05) is 11.9 Å². The van der Waals surface area contributed by atoms with Crippen LogP contribution in [0.15, 0.2) is 18.3 Å². The molecule has 1 aliphatic rings. The number of nitrogens with zero attached hydrogens (tertiary/aromatic N) is 2. The van der Waals surface area contributed by atoms with E-state index >= 15 is 0 Å². The number of hydrogen-bond acceptors (Lipinski definition) is 3. The third kappa shape index (κ3) is 4.17. The molecule has 1 aromatic heterocycles. The molecule has 2 rings (SSSR count). The highest BCUT2D eigenvalue weighted by atomic mass is 35.5. The molecule has 0 bridgehead atoms. The Hall–Kier alpha value is -1.62. The van der Waals surface area contributed by atoms with Gasteiger partial charge in [-0.3, -0.25) is 9.59 Å². The summed E-state index contributed by atoms with van der Waals surface area (Å²) in [7, 11) is 0. The van der Waals surface area contributed by atoms with E-state index in [9.17, 15) is 9.59 Å². The number of amides is 2. The van der Waals surface area contributed by atoms with Crippen molar-refractivity contribution in [1.29, 1.82) is 0 Å². The highest BCUT2D eigenvalue weighted by Gasteiger charge is 2.31. The van der Waals surface area contributed by atoms with Crippen LogP contribution in [0.25, 0.3) is 0 Å². The predicted molar refractivity (Wildman–Crippen MR) is 82.1 cm³/mol. The van der Waals surface area contributed by atoms with Crippen molar-refractivity contribution in [2.45, 2.75) is 45.1 Å². The Kier molecular flexibility index (Phi) is 5.56. The van der Waals surface area contributed by atoms with Crippen LogP contribution in [0.4, 0.5) is 5.69 Å². The van der Waals surface area contributed by atoms with Crippen molar-refractivity contribution >= 4 is 29.1 Å². The Bertz CT molecular complexity index is 504. The molecular weight excluding hydrogens is 290 g/mol. The minimum atomic E-state index is -0.381. The summed E-state index contributed by atoms with van der Waals surface area (Å²) in [5.74, 6) is -0.0881. The van der Waals surface area contributed by atoms with Gasteiger partial charge < -0.3 is 10.2 Å². The fourth-order valence-corrected chi connectivity index (χ4v) is 2.65. The topological polar surface area (TPSA) is 62.3 Å². The zero-order chi connectivity index (χ0) is 15.2. The first-order chi connectivity index (χ1) is 10.1. The molecule has 0 spiro atoms. The van der Waals surface area contributed by atoms with E-state index in [4.69, 9.17) is 11.6 Å². The third-order valence-electron chi connectivity index (χ3n) is 3.58. The van der Waals surface area contributed by atoms with Gasteiger partial charge in [0, 0.05) is 13.0 Å². The number of likely N-dealkylation sites (tertiary alicyclic amines) is 1. The zero-order valence-electron chi connectivity index (χ0n) is 12.1. The zero-order valence-corrected chi connectivity index (χ0v) is 12.9. The van der Waals surface area contributed by atoms with Gasteiger partial charge in [0.2, 0.25) is 11.8 Å². The van der Waals surface area contributed by atoms with Crippen LogP contribution in [0, 0.1) is 0 Å². The van der Waals surface area contributed by atoms with Gasteiger partial charge in [0.15, 0.2) is 0 Å². The fourth-order valence-electron chi connectivity index (χ4n) is 2.54. The maximum Gasteiger partial charge on any atom is 0.247 e. The summed E-state index contributed by atoms with van der Waals surface area (Å²) in [5.41, 5.74) is 0.595. The molecule has 0 radical (unpaired) electrons. The van der Waals surface area contributed by atoms with Gasteiger partial charge in [0.1, 0.15) is 11.2 Å². The molecule has 1 N–H and O–H groups in total. The normalized spacial score (nSPS) is 18.4. The van der Waals surface area contributed by atoms with Gasteiger partial charge in [-0.2, -0.15) is 0 Å². The Morgan fingerprint density at radius 2 is 2.24 bits per heavy atom. The Morgan fingerprint density at radius 3 is 2.90 bits per heavy atom. The minimum Gasteiger partial charge on any atom is -0.331 e. The Morgan fingerprint density at radius 1 is 1.43 bits per heavy atom. The number of piperidine rings is 1. The number of pyridine rings is 1. The quantitative estimate of drug-likeness (QED) is 0.870. The van der Waals surface area contributed by atoms with Crippen LogP contribution in [0.3, 0.4) is 0 Å². The first-order valence-corrected chi connectivity index (χ1v) is 7.71. The molecule has 0 aromatic carbocycles. The molecule has 2 heterocycles.